The second-order valence-corrected chi connectivity index (χ2v) is 2.81. The van der Waals surface area contributed by atoms with Crippen LogP contribution in [-0.2, 0) is 0 Å². The molecule has 3 nitrogen and oxygen atoms in total. The molecule has 0 aliphatic heterocycles. The first-order valence-electron chi connectivity index (χ1n) is 3.89. The Labute approximate surface area is 70.3 Å². The quantitative estimate of drug-likeness (QED) is 0.688. The van der Waals surface area contributed by atoms with Crippen LogP contribution in [0, 0.1) is 0 Å². The van der Waals surface area contributed by atoms with Crippen LogP contribution in [0.4, 0.5) is 0 Å². The first-order valence-corrected chi connectivity index (χ1v) is 3.89. The number of pyridine rings is 1. The molecule has 2 aromatic rings. The normalized spacial score (nSPS) is 13.5. The predicted molar refractivity (Wildman–Crippen MR) is 45.8 cm³/mol. The number of imidazole rings is 1. The molecule has 2 heterocycles. The van der Waals surface area contributed by atoms with E-state index < -0.39 is 6.10 Å². The van der Waals surface area contributed by atoms with Gasteiger partial charge in [-0.1, -0.05) is 6.07 Å². The number of aliphatic hydroxyl groups excluding tert-OH is 1. The van der Waals surface area contributed by atoms with E-state index in [-0.39, 0.29) is 0 Å². The van der Waals surface area contributed by atoms with Gasteiger partial charge in [-0.05, 0) is 19.1 Å². The van der Waals surface area contributed by atoms with Crippen molar-refractivity contribution in [3.8, 4) is 0 Å². The molecule has 0 bridgehead atoms. The van der Waals surface area contributed by atoms with Gasteiger partial charge < -0.3 is 9.51 Å². The summed E-state index contributed by atoms with van der Waals surface area (Å²) in [5, 5.41) is 9.25. The molecule has 0 aromatic carbocycles. The van der Waals surface area contributed by atoms with E-state index in [4.69, 9.17) is 0 Å². The summed E-state index contributed by atoms with van der Waals surface area (Å²) in [6.07, 6.45) is 3.25. The van der Waals surface area contributed by atoms with Crippen molar-refractivity contribution in [3.63, 3.8) is 0 Å². The molecular weight excluding hydrogens is 152 g/mol. The van der Waals surface area contributed by atoms with Crippen molar-refractivity contribution in [1.82, 2.24) is 9.38 Å². The molecule has 0 aliphatic rings. The van der Waals surface area contributed by atoms with Crippen LogP contribution in [-0.4, -0.2) is 14.5 Å². The Hall–Kier alpha value is -1.35. The number of aromatic nitrogens is 2. The molecule has 0 unspecified atom stereocenters. The first kappa shape index (κ1) is 7.31. The number of nitrogens with zero attached hydrogens (tertiary/aromatic N) is 2. The van der Waals surface area contributed by atoms with Gasteiger partial charge in [-0.25, -0.2) is 4.98 Å². The maximum atomic E-state index is 9.25. The second kappa shape index (κ2) is 2.60. The topological polar surface area (TPSA) is 37.5 Å². The van der Waals surface area contributed by atoms with Crippen molar-refractivity contribution in [3.05, 3.63) is 36.3 Å². The molecule has 12 heavy (non-hydrogen) atoms. The van der Waals surface area contributed by atoms with Gasteiger partial charge in [0.15, 0.2) is 0 Å². The number of rotatable bonds is 1. The molecule has 2 rings (SSSR count). The van der Waals surface area contributed by atoms with E-state index in [1.165, 1.54) is 0 Å². The van der Waals surface area contributed by atoms with E-state index in [0.29, 0.717) is 5.69 Å². The third-order valence-electron chi connectivity index (χ3n) is 1.81. The highest BCUT2D eigenvalue weighted by Gasteiger charge is 2.04. The molecule has 0 aliphatic carbocycles. The molecule has 0 amide bonds. The van der Waals surface area contributed by atoms with Gasteiger partial charge in [0.25, 0.3) is 0 Å². The van der Waals surface area contributed by atoms with Gasteiger partial charge in [0.05, 0.1) is 11.8 Å². The van der Waals surface area contributed by atoms with Crippen LogP contribution in [0.3, 0.4) is 0 Å². The Kier molecular flexibility index (Phi) is 1.59. The molecule has 0 spiro atoms. The summed E-state index contributed by atoms with van der Waals surface area (Å²) in [5.41, 5.74) is 1.58. The minimum Gasteiger partial charge on any atom is -0.387 e. The molecule has 1 N–H and O–H groups in total. The van der Waals surface area contributed by atoms with Crippen molar-refractivity contribution in [2.45, 2.75) is 13.0 Å². The third kappa shape index (κ3) is 1.08. The summed E-state index contributed by atoms with van der Waals surface area (Å²) < 4.78 is 1.89. The van der Waals surface area contributed by atoms with Gasteiger partial charge in [0, 0.05) is 12.4 Å². The fourth-order valence-corrected chi connectivity index (χ4v) is 1.16. The molecule has 2 aromatic heterocycles. The van der Waals surface area contributed by atoms with E-state index in [1.807, 2.05) is 35.0 Å². The summed E-state index contributed by atoms with van der Waals surface area (Å²) in [6.45, 7) is 1.71. The highest BCUT2D eigenvalue weighted by molar-refractivity contribution is 5.39. The predicted octanol–water partition coefficient (Wildman–Crippen LogP) is 1.39. The minimum absolute atomic E-state index is 0.495. The molecule has 62 valence electrons. The fraction of sp³-hybridized carbons (Fsp3) is 0.222. The van der Waals surface area contributed by atoms with E-state index in [9.17, 15) is 5.11 Å². The zero-order valence-electron chi connectivity index (χ0n) is 6.81. The Morgan fingerprint density at radius 2 is 2.33 bits per heavy atom. The van der Waals surface area contributed by atoms with Gasteiger partial charge in [0.2, 0.25) is 0 Å². The van der Waals surface area contributed by atoms with Crippen molar-refractivity contribution in [1.29, 1.82) is 0 Å². The Morgan fingerprint density at radius 1 is 1.50 bits per heavy atom. The molecule has 0 saturated carbocycles. The monoisotopic (exact) mass is 162 g/mol. The number of hydrogen-bond acceptors (Lipinski definition) is 2. The van der Waals surface area contributed by atoms with E-state index in [2.05, 4.69) is 4.98 Å². The third-order valence-corrected chi connectivity index (χ3v) is 1.81. The lowest BCUT2D eigenvalue weighted by molar-refractivity contribution is 0.195. The molecule has 3 heteroatoms. The maximum absolute atomic E-state index is 9.25. The SMILES string of the molecule is C[C@@H](O)c1cn2ccccc2n1. The van der Waals surface area contributed by atoms with Crippen molar-refractivity contribution in [2.24, 2.45) is 0 Å². The van der Waals surface area contributed by atoms with Crippen LogP contribution in [0.5, 0.6) is 0 Å². The van der Waals surface area contributed by atoms with Gasteiger partial charge in [-0.3, -0.25) is 0 Å². The maximum Gasteiger partial charge on any atom is 0.137 e. The lowest BCUT2D eigenvalue weighted by atomic mass is 10.3. The summed E-state index contributed by atoms with van der Waals surface area (Å²) in [6, 6.07) is 5.76. The second-order valence-electron chi connectivity index (χ2n) is 2.81. The zero-order valence-corrected chi connectivity index (χ0v) is 6.81. The van der Waals surface area contributed by atoms with Crippen LogP contribution >= 0.6 is 0 Å². The molecule has 1 atom stereocenters. The number of aliphatic hydroxyl groups is 1. The summed E-state index contributed by atoms with van der Waals surface area (Å²) in [4.78, 5) is 4.23. The highest BCUT2D eigenvalue weighted by atomic mass is 16.3. The Balaban J connectivity index is 2.62. The lowest BCUT2D eigenvalue weighted by Gasteiger charge is -1.94. The van der Waals surface area contributed by atoms with Gasteiger partial charge in [0.1, 0.15) is 5.65 Å². The van der Waals surface area contributed by atoms with E-state index >= 15 is 0 Å². The van der Waals surface area contributed by atoms with Crippen LogP contribution < -0.4 is 0 Å². The average Bonchev–Trinajstić information content (AvgIpc) is 2.46. The number of hydrogen-bond donors (Lipinski definition) is 1. The van der Waals surface area contributed by atoms with Crippen LogP contribution in [0.2, 0.25) is 0 Å². The highest BCUT2D eigenvalue weighted by Crippen LogP contribution is 2.11. The fourth-order valence-electron chi connectivity index (χ4n) is 1.16. The zero-order chi connectivity index (χ0) is 8.55. The van der Waals surface area contributed by atoms with Crippen molar-refractivity contribution < 1.29 is 5.11 Å². The van der Waals surface area contributed by atoms with Gasteiger partial charge in [-0.15, -0.1) is 0 Å². The molecule has 0 radical (unpaired) electrons. The Bertz CT molecular complexity index is 359. The Morgan fingerprint density at radius 3 is 3.00 bits per heavy atom. The standard InChI is InChI=1S/C9H10N2O/c1-7(12)8-6-11-5-3-2-4-9(11)10-8/h2-7,12H,1H3/t7-/m1/s1. The lowest BCUT2D eigenvalue weighted by Crippen LogP contribution is -1.89. The molecule has 0 saturated heterocycles. The largest absolute Gasteiger partial charge is 0.387 e. The van der Waals surface area contributed by atoms with Crippen LogP contribution in [0.25, 0.3) is 5.65 Å². The van der Waals surface area contributed by atoms with Crippen LogP contribution in [0.15, 0.2) is 30.6 Å². The minimum atomic E-state index is -0.495. The van der Waals surface area contributed by atoms with E-state index in [0.717, 1.165) is 5.65 Å². The van der Waals surface area contributed by atoms with E-state index in [1.54, 1.807) is 6.92 Å². The van der Waals surface area contributed by atoms with Crippen molar-refractivity contribution in [2.75, 3.05) is 0 Å². The summed E-state index contributed by atoms with van der Waals surface area (Å²) >= 11 is 0. The number of fused-ring (bicyclic) bond motifs is 1. The summed E-state index contributed by atoms with van der Waals surface area (Å²) in [7, 11) is 0. The average molecular weight is 162 g/mol. The van der Waals surface area contributed by atoms with Crippen LogP contribution in [0.1, 0.15) is 18.7 Å². The molecular formula is C9H10N2O. The first-order chi connectivity index (χ1) is 5.77. The smallest absolute Gasteiger partial charge is 0.137 e. The van der Waals surface area contributed by atoms with Gasteiger partial charge in [-0.2, -0.15) is 0 Å². The van der Waals surface area contributed by atoms with Gasteiger partial charge >= 0.3 is 0 Å². The summed E-state index contributed by atoms with van der Waals surface area (Å²) in [5.74, 6) is 0. The molecule has 0 fully saturated rings. The van der Waals surface area contributed by atoms with Crippen molar-refractivity contribution >= 4 is 5.65 Å².